The van der Waals surface area contributed by atoms with Crippen LogP contribution < -0.4 is 5.32 Å². The maximum atomic E-state index is 6.17. The molecule has 0 saturated carbocycles. The maximum absolute atomic E-state index is 6.17. The summed E-state index contributed by atoms with van der Waals surface area (Å²) in [7, 11) is 0. The fourth-order valence-corrected chi connectivity index (χ4v) is 4.48. The molecule has 108 valence electrons. The topological polar surface area (TPSA) is 12.0 Å². The lowest BCUT2D eigenvalue weighted by atomic mass is 10.0. The van der Waals surface area contributed by atoms with Crippen LogP contribution in [-0.2, 0) is 6.42 Å². The molecule has 1 aromatic carbocycles. The van der Waals surface area contributed by atoms with E-state index in [0.29, 0.717) is 6.04 Å². The molecular weight excluding hydrogens is 469 g/mol. The molecule has 0 aliphatic carbocycles. The molecular formula is C15H16BrClINS. The molecule has 5 heteroatoms. The van der Waals surface area contributed by atoms with Gasteiger partial charge in [0.15, 0.2) is 0 Å². The van der Waals surface area contributed by atoms with Crippen LogP contribution >= 0.6 is 61.5 Å². The standard InChI is InChI=1S/C15H16BrClINS/c1-2-7-19-14(9-11-4-6-15(16)20-11)12-8-10(17)3-5-13(12)18/h3-6,8,14,19H,2,7,9H2,1H3. The minimum absolute atomic E-state index is 0.311. The molecule has 2 aromatic rings. The van der Waals surface area contributed by atoms with Crippen LogP contribution in [0, 0.1) is 3.57 Å². The van der Waals surface area contributed by atoms with Gasteiger partial charge in [0.1, 0.15) is 0 Å². The first-order chi connectivity index (χ1) is 9.60. The molecule has 1 atom stereocenters. The van der Waals surface area contributed by atoms with Crippen LogP contribution in [0.3, 0.4) is 0 Å². The van der Waals surface area contributed by atoms with Crippen molar-refractivity contribution >= 4 is 61.5 Å². The van der Waals surface area contributed by atoms with Gasteiger partial charge in [-0.05, 0) is 87.4 Å². The summed E-state index contributed by atoms with van der Waals surface area (Å²) >= 11 is 13.9. The third-order valence-corrected chi connectivity index (χ3v) is 5.87. The zero-order chi connectivity index (χ0) is 14.5. The van der Waals surface area contributed by atoms with Gasteiger partial charge < -0.3 is 5.32 Å². The lowest BCUT2D eigenvalue weighted by molar-refractivity contribution is 0.530. The third-order valence-electron chi connectivity index (χ3n) is 3.01. The Morgan fingerprint density at radius 3 is 2.80 bits per heavy atom. The highest BCUT2D eigenvalue weighted by Gasteiger charge is 2.16. The Balaban J connectivity index is 2.24. The SMILES string of the molecule is CCCNC(Cc1ccc(Br)s1)c1cc(Cl)ccc1I. The average molecular weight is 485 g/mol. The number of hydrogen-bond donors (Lipinski definition) is 1. The molecule has 1 heterocycles. The maximum Gasteiger partial charge on any atom is 0.0701 e. The second-order valence-electron chi connectivity index (χ2n) is 4.58. The van der Waals surface area contributed by atoms with Gasteiger partial charge in [-0.2, -0.15) is 0 Å². The molecule has 1 nitrogen and oxygen atoms in total. The number of benzene rings is 1. The normalized spacial score (nSPS) is 12.6. The molecule has 0 bridgehead atoms. The highest BCUT2D eigenvalue weighted by molar-refractivity contribution is 14.1. The van der Waals surface area contributed by atoms with E-state index in [1.165, 1.54) is 17.8 Å². The quantitative estimate of drug-likeness (QED) is 0.492. The van der Waals surface area contributed by atoms with Gasteiger partial charge in [0.25, 0.3) is 0 Å². The molecule has 0 amide bonds. The van der Waals surface area contributed by atoms with Crippen LogP contribution in [0.4, 0.5) is 0 Å². The van der Waals surface area contributed by atoms with Crippen LogP contribution in [0.2, 0.25) is 5.02 Å². The second kappa shape index (κ2) is 8.13. The van der Waals surface area contributed by atoms with Crippen molar-refractivity contribution in [2.45, 2.75) is 25.8 Å². The summed E-state index contributed by atoms with van der Waals surface area (Å²) in [4.78, 5) is 1.38. The van der Waals surface area contributed by atoms with E-state index in [9.17, 15) is 0 Å². The summed E-state index contributed by atoms with van der Waals surface area (Å²) in [5, 5.41) is 4.44. The van der Waals surface area contributed by atoms with Gasteiger partial charge in [-0.25, -0.2) is 0 Å². The minimum Gasteiger partial charge on any atom is -0.310 e. The van der Waals surface area contributed by atoms with E-state index in [0.717, 1.165) is 24.4 Å². The molecule has 1 aromatic heterocycles. The van der Waals surface area contributed by atoms with E-state index in [-0.39, 0.29) is 0 Å². The first kappa shape index (κ1) is 16.7. The summed E-state index contributed by atoms with van der Waals surface area (Å²) in [5.41, 5.74) is 1.29. The van der Waals surface area contributed by atoms with Gasteiger partial charge in [-0.3, -0.25) is 0 Å². The van der Waals surface area contributed by atoms with E-state index < -0.39 is 0 Å². The monoisotopic (exact) mass is 483 g/mol. The molecule has 0 aliphatic heterocycles. The van der Waals surface area contributed by atoms with Crippen molar-refractivity contribution in [1.82, 2.24) is 5.32 Å². The molecule has 0 spiro atoms. The fraction of sp³-hybridized carbons (Fsp3) is 0.333. The summed E-state index contributed by atoms with van der Waals surface area (Å²) in [6.45, 7) is 3.20. The second-order valence-corrected chi connectivity index (χ2v) is 8.73. The Bertz CT molecular complexity index is 573. The molecule has 0 aliphatic rings. The van der Waals surface area contributed by atoms with Gasteiger partial charge >= 0.3 is 0 Å². The zero-order valence-electron chi connectivity index (χ0n) is 11.1. The van der Waals surface area contributed by atoms with Crippen molar-refractivity contribution in [3.8, 4) is 0 Å². The van der Waals surface area contributed by atoms with E-state index in [2.05, 4.69) is 75.0 Å². The Hall–Kier alpha value is 0.380. The molecule has 0 fully saturated rings. The van der Waals surface area contributed by atoms with Crippen molar-refractivity contribution in [2.24, 2.45) is 0 Å². The van der Waals surface area contributed by atoms with Crippen LogP contribution in [0.5, 0.6) is 0 Å². The van der Waals surface area contributed by atoms with Crippen LogP contribution in [0.15, 0.2) is 34.1 Å². The van der Waals surface area contributed by atoms with E-state index in [1.54, 1.807) is 11.3 Å². The van der Waals surface area contributed by atoms with Crippen molar-refractivity contribution in [3.05, 3.63) is 53.2 Å². The minimum atomic E-state index is 0.311. The number of hydrogen-bond acceptors (Lipinski definition) is 2. The number of rotatable bonds is 6. The summed E-state index contributed by atoms with van der Waals surface area (Å²) in [5.74, 6) is 0. The highest BCUT2D eigenvalue weighted by Crippen LogP contribution is 2.30. The fourth-order valence-electron chi connectivity index (χ4n) is 2.05. The number of thiophene rings is 1. The number of halogens is 3. The van der Waals surface area contributed by atoms with Crippen molar-refractivity contribution < 1.29 is 0 Å². The largest absolute Gasteiger partial charge is 0.310 e. The Morgan fingerprint density at radius 1 is 1.35 bits per heavy atom. The van der Waals surface area contributed by atoms with E-state index in [1.807, 2.05) is 6.07 Å². The molecule has 20 heavy (non-hydrogen) atoms. The van der Waals surface area contributed by atoms with Gasteiger partial charge in [-0.15, -0.1) is 11.3 Å². The first-order valence-electron chi connectivity index (χ1n) is 6.52. The zero-order valence-corrected chi connectivity index (χ0v) is 16.4. The molecule has 0 saturated heterocycles. The predicted octanol–water partition coefficient (Wildman–Crippen LogP) is 6.05. The molecule has 2 rings (SSSR count). The Kier molecular flexibility index (Phi) is 6.81. The molecule has 1 unspecified atom stereocenters. The summed E-state index contributed by atoms with van der Waals surface area (Å²) in [6.07, 6.45) is 2.12. The predicted molar refractivity (Wildman–Crippen MR) is 101 cm³/mol. The van der Waals surface area contributed by atoms with Crippen LogP contribution in [-0.4, -0.2) is 6.54 Å². The highest BCUT2D eigenvalue weighted by atomic mass is 127. The summed E-state index contributed by atoms with van der Waals surface area (Å²) in [6, 6.07) is 10.7. The Morgan fingerprint density at radius 2 is 2.15 bits per heavy atom. The van der Waals surface area contributed by atoms with Gasteiger partial charge in [0.05, 0.1) is 3.79 Å². The lowest BCUT2D eigenvalue weighted by Gasteiger charge is -2.20. The van der Waals surface area contributed by atoms with Crippen molar-refractivity contribution in [1.29, 1.82) is 0 Å². The van der Waals surface area contributed by atoms with Gasteiger partial charge in [0, 0.05) is 25.9 Å². The molecule has 0 radical (unpaired) electrons. The van der Waals surface area contributed by atoms with Crippen LogP contribution in [0.1, 0.15) is 29.8 Å². The lowest BCUT2D eigenvalue weighted by Crippen LogP contribution is -2.24. The van der Waals surface area contributed by atoms with Crippen molar-refractivity contribution in [2.75, 3.05) is 6.54 Å². The van der Waals surface area contributed by atoms with Gasteiger partial charge in [-0.1, -0.05) is 18.5 Å². The summed E-state index contributed by atoms with van der Waals surface area (Å²) < 4.78 is 2.44. The average Bonchev–Trinajstić information content (AvgIpc) is 2.83. The van der Waals surface area contributed by atoms with E-state index in [4.69, 9.17) is 11.6 Å². The first-order valence-corrected chi connectivity index (χ1v) is 9.59. The number of nitrogens with one attached hydrogen (secondary N) is 1. The van der Waals surface area contributed by atoms with Gasteiger partial charge in [0.2, 0.25) is 0 Å². The third kappa shape index (κ3) is 4.70. The van der Waals surface area contributed by atoms with E-state index >= 15 is 0 Å². The smallest absolute Gasteiger partial charge is 0.0701 e. The van der Waals surface area contributed by atoms with Crippen molar-refractivity contribution in [3.63, 3.8) is 0 Å². The molecule has 1 N–H and O–H groups in total. The Labute approximate surface area is 151 Å². The van der Waals surface area contributed by atoms with Crippen LogP contribution in [0.25, 0.3) is 0 Å².